The minimum Gasteiger partial charge on any atom is -0.494 e. The molecule has 0 bridgehead atoms. The second-order valence-electron chi connectivity index (χ2n) is 4.64. The third-order valence-electron chi connectivity index (χ3n) is 3.33. The molecule has 2 rings (SSSR count). The van der Waals surface area contributed by atoms with Crippen LogP contribution in [-0.2, 0) is 4.79 Å². The van der Waals surface area contributed by atoms with Crippen molar-refractivity contribution < 1.29 is 27.8 Å². The van der Waals surface area contributed by atoms with Gasteiger partial charge in [0.2, 0.25) is 0 Å². The molecule has 6 heteroatoms. The van der Waals surface area contributed by atoms with Gasteiger partial charge in [0.15, 0.2) is 23.2 Å². The van der Waals surface area contributed by atoms with Gasteiger partial charge in [0.25, 0.3) is 0 Å². The molecule has 0 heterocycles. The number of benzene rings is 1. The maximum absolute atomic E-state index is 14.1. The molecule has 1 fully saturated rings. The Balaban J connectivity index is 2.51. The van der Waals surface area contributed by atoms with E-state index < -0.39 is 47.1 Å². The average molecular weight is 274 g/mol. The van der Waals surface area contributed by atoms with E-state index in [4.69, 9.17) is 5.11 Å². The first kappa shape index (κ1) is 13.7. The van der Waals surface area contributed by atoms with Gasteiger partial charge in [-0.1, -0.05) is 0 Å². The van der Waals surface area contributed by atoms with Crippen molar-refractivity contribution in [2.24, 2.45) is 5.92 Å². The topological polar surface area (TPSA) is 46.5 Å². The van der Waals surface area contributed by atoms with Crippen LogP contribution in [0, 0.1) is 23.4 Å². The largest absolute Gasteiger partial charge is 0.494 e. The minimum atomic E-state index is -1.32. The predicted octanol–water partition coefficient (Wildman–Crippen LogP) is 3.08. The normalized spacial score (nSPS) is 16.2. The molecule has 1 atom stereocenters. The first-order valence-corrected chi connectivity index (χ1v) is 5.88. The van der Waals surface area contributed by atoms with Crippen molar-refractivity contribution in [3.8, 4) is 5.75 Å². The lowest BCUT2D eigenvalue weighted by Gasteiger charge is -2.18. The summed E-state index contributed by atoms with van der Waals surface area (Å²) in [5.74, 6) is -6.13. The van der Waals surface area contributed by atoms with Crippen LogP contribution < -0.4 is 4.74 Å². The van der Waals surface area contributed by atoms with Gasteiger partial charge in [-0.2, -0.15) is 0 Å². The zero-order valence-corrected chi connectivity index (χ0v) is 10.3. The molecule has 104 valence electrons. The van der Waals surface area contributed by atoms with Crippen molar-refractivity contribution in [3.63, 3.8) is 0 Å². The van der Waals surface area contributed by atoms with Crippen molar-refractivity contribution >= 4 is 5.97 Å². The Morgan fingerprint density at radius 3 is 2.53 bits per heavy atom. The van der Waals surface area contributed by atoms with E-state index in [1.165, 1.54) is 0 Å². The monoisotopic (exact) mass is 274 g/mol. The van der Waals surface area contributed by atoms with Gasteiger partial charge in [-0.15, -0.1) is 0 Å². The number of hydrogen-bond donors (Lipinski definition) is 1. The molecule has 1 saturated carbocycles. The van der Waals surface area contributed by atoms with Gasteiger partial charge in [0, 0.05) is 17.5 Å². The van der Waals surface area contributed by atoms with Crippen molar-refractivity contribution in [1.29, 1.82) is 0 Å². The molecule has 1 aliphatic rings. The second-order valence-corrected chi connectivity index (χ2v) is 4.64. The van der Waals surface area contributed by atoms with Gasteiger partial charge in [-0.3, -0.25) is 4.79 Å². The van der Waals surface area contributed by atoms with E-state index in [-0.39, 0.29) is 5.92 Å². The number of aliphatic carboxylic acids is 1. The maximum Gasteiger partial charge on any atom is 0.303 e. The molecular weight excluding hydrogens is 261 g/mol. The van der Waals surface area contributed by atoms with Crippen LogP contribution in [0.4, 0.5) is 13.2 Å². The highest BCUT2D eigenvalue weighted by atomic mass is 19.2. The maximum atomic E-state index is 14.1. The number of carboxylic acids is 1. The summed E-state index contributed by atoms with van der Waals surface area (Å²) in [6, 6.07) is 0.624. The fourth-order valence-corrected chi connectivity index (χ4v) is 2.26. The van der Waals surface area contributed by atoms with Crippen LogP contribution in [0.5, 0.6) is 5.75 Å². The second kappa shape index (κ2) is 5.11. The van der Waals surface area contributed by atoms with Crippen LogP contribution in [0.25, 0.3) is 0 Å². The van der Waals surface area contributed by atoms with Crippen LogP contribution in [0.3, 0.4) is 0 Å². The van der Waals surface area contributed by atoms with Crippen LogP contribution in [0.2, 0.25) is 0 Å². The number of hydrogen-bond acceptors (Lipinski definition) is 2. The van der Waals surface area contributed by atoms with Gasteiger partial charge in [0.05, 0.1) is 13.5 Å². The van der Waals surface area contributed by atoms with Crippen LogP contribution in [-0.4, -0.2) is 18.2 Å². The highest BCUT2D eigenvalue weighted by Gasteiger charge is 2.38. The summed E-state index contributed by atoms with van der Waals surface area (Å²) in [6.07, 6.45) is 0.955. The molecule has 1 unspecified atom stereocenters. The van der Waals surface area contributed by atoms with Gasteiger partial charge in [0.1, 0.15) is 0 Å². The molecule has 0 radical (unpaired) electrons. The Hall–Kier alpha value is -1.72. The number of halogens is 3. The standard InChI is InChI=1S/C13H13F3O3/c1-19-9-5-8(14)12(15)11(13(9)16)7(4-10(17)18)6-2-3-6/h5-7H,2-4H2,1H3,(H,17,18). The van der Waals surface area contributed by atoms with Gasteiger partial charge in [-0.25, -0.2) is 13.2 Å². The lowest BCUT2D eigenvalue weighted by atomic mass is 9.89. The van der Waals surface area contributed by atoms with E-state index in [0.29, 0.717) is 18.9 Å². The summed E-state index contributed by atoms with van der Waals surface area (Å²) >= 11 is 0. The molecular formula is C13H13F3O3. The smallest absolute Gasteiger partial charge is 0.303 e. The molecule has 0 aromatic heterocycles. The molecule has 0 spiro atoms. The van der Waals surface area contributed by atoms with Crippen LogP contribution >= 0.6 is 0 Å². The van der Waals surface area contributed by atoms with E-state index in [0.717, 1.165) is 7.11 Å². The van der Waals surface area contributed by atoms with Crippen molar-refractivity contribution in [1.82, 2.24) is 0 Å². The summed E-state index contributed by atoms with van der Waals surface area (Å²) in [4.78, 5) is 10.8. The zero-order chi connectivity index (χ0) is 14.2. The summed E-state index contributed by atoms with van der Waals surface area (Å²) in [6.45, 7) is 0. The van der Waals surface area contributed by atoms with E-state index in [1.807, 2.05) is 0 Å². The first-order valence-electron chi connectivity index (χ1n) is 5.88. The van der Waals surface area contributed by atoms with E-state index >= 15 is 0 Å². The van der Waals surface area contributed by atoms with Crippen molar-refractivity contribution in [3.05, 3.63) is 29.1 Å². The number of ether oxygens (including phenoxy) is 1. The Labute approximate surface area is 108 Å². The number of carbonyl (C=O) groups is 1. The minimum absolute atomic E-state index is 0.119. The molecule has 0 saturated heterocycles. The van der Waals surface area contributed by atoms with E-state index in [2.05, 4.69) is 4.74 Å². The molecule has 3 nitrogen and oxygen atoms in total. The quantitative estimate of drug-likeness (QED) is 0.839. The van der Waals surface area contributed by atoms with Crippen molar-refractivity contribution in [2.75, 3.05) is 7.11 Å². The fourth-order valence-electron chi connectivity index (χ4n) is 2.26. The highest BCUT2D eigenvalue weighted by Crippen LogP contribution is 2.47. The van der Waals surface area contributed by atoms with Crippen LogP contribution in [0.1, 0.15) is 30.7 Å². The molecule has 1 N–H and O–H groups in total. The molecule has 1 aliphatic carbocycles. The highest BCUT2D eigenvalue weighted by molar-refractivity contribution is 5.68. The number of methoxy groups -OCH3 is 1. The van der Waals surface area contributed by atoms with Gasteiger partial charge >= 0.3 is 5.97 Å². The zero-order valence-electron chi connectivity index (χ0n) is 10.3. The lowest BCUT2D eigenvalue weighted by Crippen LogP contribution is -2.14. The lowest BCUT2D eigenvalue weighted by molar-refractivity contribution is -0.137. The van der Waals surface area contributed by atoms with E-state index in [9.17, 15) is 18.0 Å². The fraction of sp³-hybridized carbons (Fsp3) is 0.462. The molecule has 19 heavy (non-hydrogen) atoms. The Kier molecular flexibility index (Phi) is 3.68. The summed E-state index contributed by atoms with van der Waals surface area (Å²) < 4.78 is 45.9. The Morgan fingerprint density at radius 1 is 1.42 bits per heavy atom. The molecule has 1 aromatic carbocycles. The van der Waals surface area contributed by atoms with Gasteiger partial charge in [-0.05, 0) is 18.8 Å². The summed E-state index contributed by atoms with van der Waals surface area (Å²) in [5, 5.41) is 8.83. The predicted molar refractivity (Wildman–Crippen MR) is 60.6 cm³/mol. The number of carboxylic acid groups (broad SMARTS) is 1. The third kappa shape index (κ3) is 2.67. The Morgan fingerprint density at radius 2 is 2.05 bits per heavy atom. The SMILES string of the molecule is COc1cc(F)c(F)c(C(CC(=O)O)C2CC2)c1F. The molecule has 0 amide bonds. The number of rotatable bonds is 5. The molecule has 0 aliphatic heterocycles. The van der Waals surface area contributed by atoms with Crippen molar-refractivity contribution in [2.45, 2.75) is 25.2 Å². The third-order valence-corrected chi connectivity index (χ3v) is 3.33. The summed E-state index contributed by atoms with van der Waals surface area (Å²) in [7, 11) is 1.14. The Bertz CT molecular complexity index is 512. The van der Waals surface area contributed by atoms with E-state index in [1.54, 1.807) is 0 Å². The average Bonchev–Trinajstić information content (AvgIpc) is 3.16. The van der Waals surface area contributed by atoms with Gasteiger partial charge < -0.3 is 9.84 Å². The summed E-state index contributed by atoms with van der Waals surface area (Å²) in [5.41, 5.74) is -0.512. The first-order chi connectivity index (χ1) is 8.95. The van der Waals surface area contributed by atoms with Crippen LogP contribution in [0.15, 0.2) is 6.07 Å². The molecule has 1 aromatic rings.